The minimum absolute atomic E-state index is 0.258. The van der Waals surface area contributed by atoms with Gasteiger partial charge in [0.2, 0.25) is 0 Å². The third kappa shape index (κ3) is 5.73. The van der Waals surface area contributed by atoms with Crippen molar-refractivity contribution in [1.29, 1.82) is 0 Å². The highest BCUT2D eigenvalue weighted by Crippen LogP contribution is 2.34. The van der Waals surface area contributed by atoms with E-state index >= 15 is 0 Å². The molecule has 5 nitrogen and oxygen atoms in total. The third-order valence-corrected chi connectivity index (χ3v) is 4.39. The Morgan fingerprint density at radius 3 is 2.30 bits per heavy atom. The Hall–Kier alpha value is -2.52. The monoisotopic (exact) mass is 398 g/mol. The standard InChI is InChI=1S/C18H17F3N2O3S/c1-27-12-8-6-11(7-9-12)15(24)10-22-16(25)17(26)23-14-5-3-2-4-13(14)18(19,20)21/h2-9,15,24H,10H2,1H3,(H,22,25)(H,23,26)/t15-/m1/s1. The Bertz CT molecular complexity index is 810. The molecule has 0 fully saturated rings. The van der Waals surface area contributed by atoms with Gasteiger partial charge in [-0.25, -0.2) is 0 Å². The lowest BCUT2D eigenvalue weighted by Gasteiger charge is -2.14. The van der Waals surface area contributed by atoms with Crippen LogP contribution in [0.15, 0.2) is 53.4 Å². The molecule has 0 saturated carbocycles. The summed E-state index contributed by atoms with van der Waals surface area (Å²) in [5.74, 6) is -2.40. The van der Waals surface area contributed by atoms with Crippen molar-refractivity contribution >= 4 is 29.3 Å². The largest absolute Gasteiger partial charge is 0.418 e. The number of aliphatic hydroxyl groups is 1. The second kappa shape index (κ2) is 8.92. The average Bonchev–Trinajstić information content (AvgIpc) is 2.65. The van der Waals surface area contributed by atoms with Crippen molar-refractivity contribution in [2.45, 2.75) is 17.2 Å². The molecule has 1 atom stereocenters. The summed E-state index contributed by atoms with van der Waals surface area (Å²) in [6, 6.07) is 11.3. The van der Waals surface area contributed by atoms with Gasteiger partial charge in [-0.3, -0.25) is 9.59 Å². The lowest BCUT2D eigenvalue weighted by molar-refractivity contribution is -0.138. The number of hydrogen-bond donors (Lipinski definition) is 3. The minimum atomic E-state index is -4.67. The molecule has 0 radical (unpaired) electrons. The molecule has 2 aromatic rings. The van der Waals surface area contributed by atoms with Crippen molar-refractivity contribution < 1.29 is 27.9 Å². The van der Waals surface area contributed by atoms with Crippen LogP contribution in [0.3, 0.4) is 0 Å². The Labute approximate surface area is 158 Å². The van der Waals surface area contributed by atoms with E-state index < -0.39 is 35.3 Å². The molecule has 0 spiro atoms. The fourth-order valence-electron chi connectivity index (χ4n) is 2.23. The van der Waals surface area contributed by atoms with Crippen molar-refractivity contribution in [2.75, 3.05) is 18.1 Å². The summed E-state index contributed by atoms with van der Waals surface area (Å²) < 4.78 is 38.7. The Kier molecular flexibility index (Phi) is 6.86. The first kappa shape index (κ1) is 20.8. The van der Waals surface area contributed by atoms with E-state index in [4.69, 9.17) is 0 Å². The quantitative estimate of drug-likeness (QED) is 0.534. The van der Waals surface area contributed by atoms with Gasteiger partial charge in [-0.05, 0) is 36.1 Å². The Balaban J connectivity index is 1.95. The lowest BCUT2D eigenvalue weighted by atomic mass is 10.1. The van der Waals surface area contributed by atoms with Crippen molar-refractivity contribution in [3.05, 3.63) is 59.7 Å². The molecule has 0 heterocycles. The summed E-state index contributed by atoms with van der Waals surface area (Å²) in [5.41, 5.74) is -1.03. The second-order valence-corrected chi connectivity index (χ2v) is 6.38. The first-order chi connectivity index (χ1) is 12.7. The SMILES string of the molecule is CSc1ccc([C@H](O)CNC(=O)C(=O)Nc2ccccc2C(F)(F)F)cc1. The van der Waals surface area contributed by atoms with Gasteiger partial charge in [-0.1, -0.05) is 24.3 Å². The maximum Gasteiger partial charge on any atom is 0.418 e. The molecule has 9 heteroatoms. The van der Waals surface area contributed by atoms with Crippen molar-refractivity contribution in [3.63, 3.8) is 0 Å². The zero-order valence-corrected chi connectivity index (χ0v) is 15.0. The lowest BCUT2D eigenvalue weighted by Crippen LogP contribution is -2.38. The van der Waals surface area contributed by atoms with Crippen LogP contribution < -0.4 is 10.6 Å². The van der Waals surface area contributed by atoms with Gasteiger partial charge in [0.1, 0.15) is 0 Å². The van der Waals surface area contributed by atoms with Gasteiger partial charge in [0.05, 0.1) is 17.4 Å². The van der Waals surface area contributed by atoms with Crippen molar-refractivity contribution in [1.82, 2.24) is 5.32 Å². The van der Waals surface area contributed by atoms with Gasteiger partial charge in [-0.15, -0.1) is 11.8 Å². The smallest absolute Gasteiger partial charge is 0.387 e. The molecule has 0 aliphatic heterocycles. The van der Waals surface area contributed by atoms with Gasteiger partial charge >= 0.3 is 18.0 Å². The number of hydrogen-bond acceptors (Lipinski definition) is 4. The number of nitrogens with one attached hydrogen (secondary N) is 2. The maximum atomic E-state index is 12.9. The summed E-state index contributed by atoms with van der Waals surface area (Å²) >= 11 is 1.53. The molecule has 144 valence electrons. The van der Waals surface area contributed by atoms with Crippen LogP contribution in [0.25, 0.3) is 0 Å². The number of aliphatic hydroxyl groups excluding tert-OH is 1. The van der Waals surface area contributed by atoms with E-state index in [-0.39, 0.29) is 6.54 Å². The Morgan fingerprint density at radius 1 is 1.07 bits per heavy atom. The van der Waals surface area contributed by atoms with E-state index in [1.807, 2.05) is 11.6 Å². The number of alkyl halides is 3. The molecule has 27 heavy (non-hydrogen) atoms. The molecule has 0 aliphatic rings. The van der Waals surface area contributed by atoms with Crippen LogP contribution in [0.2, 0.25) is 0 Å². The summed E-state index contributed by atoms with van der Waals surface area (Å²) in [6.45, 7) is -0.258. The topological polar surface area (TPSA) is 78.4 Å². The number of rotatable bonds is 5. The van der Waals surface area contributed by atoms with Crippen LogP contribution in [-0.2, 0) is 15.8 Å². The van der Waals surface area contributed by atoms with Gasteiger partial charge in [-0.2, -0.15) is 13.2 Å². The normalized spacial score (nSPS) is 12.3. The van der Waals surface area contributed by atoms with Crippen LogP contribution in [-0.4, -0.2) is 29.7 Å². The zero-order chi connectivity index (χ0) is 20.0. The fraction of sp³-hybridized carbons (Fsp3) is 0.222. The second-order valence-electron chi connectivity index (χ2n) is 5.50. The fourth-order valence-corrected chi connectivity index (χ4v) is 2.64. The van der Waals surface area contributed by atoms with Gasteiger partial charge in [0, 0.05) is 11.4 Å². The molecule has 2 amide bonds. The first-order valence-electron chi connectivity index (χ1n) is 7.79. The first-order valence-corrected chi connectivity index (χ1v) is 9.02. The van der Waals surface area contributed by atoms with E-state index in [1.54, 1.807) is 24.3 Å². The summed E-state index contributed by atoms with van der Waals surface area (Å²) in [7, 11) is 0. The van der Waals surface area contributed by atoms with Gasteiger partial charge in [0.25, 0.3) is 0 Å². The molecule has 0 unspecified atom stereocenters. The summed E-state index contributed by atoms with van der Waals surface area (Å²) in [5, 5.41) is 14.2. The zero-order valence-electron chi connectivity index (χ0n) is 14.2. The number of benzene rings is 2. The number of thioether (sulfide) groups is 1. The molecule has 3 N–H and O–H groups in total. The van der Waals surface area contributed by atoms with E-state index in [9.17, 15) is 27.9 Å². The molecule has 0 aliphatic carbocycles. The van der Waals surface area contributed by atoms with Gasteiger partial charge < -0.3 is 15.7 Å². The van der Waals surface area contributed by atoms with Crippen LogP contribution >= 0.6 is 11.8 Å². The van der Waals surface area contributed by atoms with Crippen LogP contribution in [0.1, 0.15) is 17.2 Å². The number of carbonyl (C=O) groups is 2. The number of carbonyl (C=O) groups excluding carboxylic acids is 2. The molecule has 2 rings (SSSR count). The van der Waals surface area contributed by atoms with E-state index in [0.717, 1.165) is 17.0 Å². The molecular weight excluding hydrogens is 381 g/mol. The van der Waals surface area contributed by atoms with Crippen LogP contribution in [0, 0.1) is 0 Å². The summed E-state index contributed by atoms with van der Waals surface area (Å²) in [6.07, 6.45) is -3.82. The predicted molar refractivity (Wildman–Crippen MR) is 96.3 cm³/mol. The molecular formula is C18H17F3N2O3S. The highest BCUT2D eigenvalue weighted by molar-refractivity contribution is 7.98. The summed E-state index contributed by atoms with van der Waals surface area (Å²) in [4.78, 5) is 24.7. The van der Waals surface area contributed by atoms with E-state index in [1.165, 1.54) is 23.9 Å². The Morgan fingerprint density at radius 2 is 1.70 bits per heavy atom. The van der Waals surface area contributed by atoms with E-state index in [2.05, 4.69) is 5.32 Å². The number of para-hydroxylation sites is 1. The van der Waals surface area contributed by atoms with Crippen molar-refractivity contribution in [2.24, 2.45) is 0 Å². The van der Waals surface area contributed by atoms with Crippen LogP contribution in [0.5, 0.6) is 0 Å². The average molecular weight is 398 g/mol. The molecule has 0 aromatic heterocycles. The number of halogens is 3. The van der Waals surface area contributed by atoms with Gasteiger partial charge in [0.15, 0.2) is 0 Å². The highest BCUT2D eigenvalue weighted by atomic mass is 32.2. The number of anilines is 1. The predicted octanol–water partition coefficient (Wildman–Crippen LogP) is 3.22. The van der Waals surface area contributed by atoms with E-state index in [0.29, 0.717) is 5.56 Å². The minimum Gasteiger partial charge on any atom is -0.387 e. The maximum absolute atomic E-state index is 12.9. The van der Waals surface area contributed by atoms with Crippen LogP contribution in [0.4, 0.5) is 18.9 Å². The molecule has 0 saturated heterocycles. The highest BCUT2D eigenvalue weighted by Gasteiger charge is 2.34. The third-order valence-electron chi connectivity index (χ3n) is 3.64. The molecule has 2 aromatic carbocycles. The van der Waals surface area contributed by atoms with Crippen molar-refractivity contribution in [3.8, 4) is 0 Å². The molecule has 0 bridgehead atoms. The number of amides is 2.